The highest BCUT2D eigenvalue weighted by Crippen LogP contribution is 2.32. The summed E-state index contributed by atoms with van der Waals surface area (Å²) >= 11 is 0. The summed E-state index contributed by atoms with van der Waals surface area (Å²) in [5.41, 5.74) is 4.93. The van der Waals surface area contributed by atoms with Crippen molar-refractivity contribution in [2.75, 3.05) is 7.11 Å². The predicted molar refractivity (Wildman–Crippen MR) is 106 cm³/mol. The second-order valence-corrected chi connectivity index (χ2v) is 6.18. The van der Waals surface area contributed by atoms with Crippen LogP contribution in [0.1, 0.15) is 29.9 Å². The molecule has 2 N–H and O–H groups in total. The lowest BCUT2D eigenvalue weighted by molar-refractivity contribution is 0.0950. The minimum atomic E-state index is -0.398. The standard InChI is InChI=1S/C20H21N5O3/c1-13(2)28-18-7-6-15(9-19(18)27-3)16-10-17(24-23-16)20(26)25-22-12-14-5-4-8-21-11-14/h4-13H,1-3H3,(H,23,24)(H,25,26). The number of hydrazone groups is 1. The van der Waals surface area contributed by atoms with E-state index in [0.29, 0.717) is 22.9 Å². The summed E-state index contributed by atoms with van der Waals surface area (Å²) in [5, 5.41) is 10.8. The number of carbonyl (C=O) groups excluding carboxylic acids is 1. The Kier molecular flexibility index (Phi) is 6.01. The molecule has 0 aliphatic carbocycles. The van der Waals surface area contributed by atoms with E-state index < -0.39 is 5.91 Å². The number of pyridine rings is 1. The first-order valence-electron chi connectivity index (χ1n) is 8.70. The van der Waals surface area contributed by atoms with E-state index in [1.54, 1.807) is 31.6 Å². The van der Waals surface area contributed by atoms with Crippen molar-refractivity contribution >= 4 is 12.1 Å². The summed E-state index contributed by atoms with van der Waals surface area (Å²) in [4.78, 5) is 16.2. The average molecular weight is 379 g/mol. The predicted octanol–water partition coefficient (Wildman–Crippen LogP) is 3.03. The second kappa shape index (κ2) is 8.81. The van der Waals surface area contributed by atoms with E-state index in [-0.39, 0.29) is 6.10 Å². The summed E-state index contributed by atoms with van der Waals surface area (Å²) in [7, 11) is 1.58. The lowest BCUT2D eigenvalue weighted by Crippen LogP contribution is -2.18. The molecule has 8 heteroatoms. The van der Waals surface area contributed by atoms with Gasteiger partial charge in [0.2, 0.25) is 0 Å². The molecule has 8 nitrogen and oxygen atoms in total. The monoisotopic (exact) mass is 379 g/mol. The van der Waals surface area contributed by atoms with Crippen LogP contribution in [-0.4, -0.2) is 40.5 Å². The summed E-state index contributed by atoms with van der Waals surface area (Å²) < 4.78 is 11.1. The molecule has 0 saturated heterocycles. The van der Waals surface area contributed by atoms with Crippen molar-refractivity contribution in [2.45, 2.75) is 20.0 Å². The van der Waals surface area contributed by atoms with Crippen molar-refractivity contribution in [1.29, 1.82) is 0 Å². The van der Waals surface area contributed by atoms with Crippen LogP contribution in [0.2, 0.25) is 0 Å². The lowest BCUT2D eigenvalue weighted by atomic mass is 10.1. The molecule has 0 saturated carbocycles. The molecule has 2 heterocycles. The van der Waals surface area contributed by atoms with Crippen molar-refractivity contribution in [3.8, 4) is 22.8 Å². The number of nitrogens with one attached hydrogen (secondary N) is 2. The fraction of sp³-hybridized carbons (Fsp3) is 0.200. The number of aromatic nitrogens is 3. The zero-order valence-corrected chi connectivity index (χ0v) is 15.8. The van der Waals surface area contributed by atoms with Crippen LogP contribution in [0.5, 0.6) is 11.5 Å². The molecule has 2 aromatic heterocycles. The third-order valence-corrected chi connectivity index (χ3v) is 3.71. The Bertz CT molecular complexity index is 967. The van der Waals surface area contributed by atoms with Gasteiger partial charge >= 0.3 is 0 Å². The van der Waals surface area contributed by atoms with Crippen LogP contribution in [0, 0.1) is 0 Å². The average Bonchev–Trinajstić information content (AvgIpc) is 3.19. The number of nitrogens with zero attached hydrogens (tertiary/aromatic N) is 3. The summed E-state index contributed by atoms with van der Waals surface area (Å²) in [6.45, 7) is 3.89. The summed E-state index contributed by atoms with van der Waals surface area (Å²) in [6, 6.07) is 10.8. The van der Waals surface area contributed by atoms with Crippen LogP contribution >= 0.6 is 0 Å². The number of hydrogen-bond acceptors (Lipinski definition) is 6. The molecule has 0 bridgehead atoms. The molecule has 0 atom stereocenters. The zero-order valence-electron chi connectivity index (χ0n) is 15.8. The van der Waals surface area contributed by atoms with Gasteiger partial charge in [0.1, 0.15) is 5.69 Å². The SMILES string of the molecule is COc1cc(-c2cc(C(=O)NN=Cc3cccnc3)[nH]n2)ccc1OC(C)C. The maximum Gasteiger partial charge on any atom is 0.289 e. The van der Waals surface area contributed by atoms with Gasteiger partial charge in [0.05, 0.1) is 25.1 Å². The normalized spacial score (nSPS) is 11.0. The summed E-state index contributed by atoms with van der Waals surface area (Å²) in [6.07, 6.45) is 4.86. The second-order valence-electron chi connectivity index (χ2n) is 6.18. The van der Waals surface area contributed by atoms with E-state index in [2.05, 4.69) is 25.7 Å². The van der Waals surface area contributed by atoms with Crippen LogP contribution < -0.4 is 14.9 Å². The van der Waals surface area contributed by atoms with Gasteiger partial charge in [0, 0.05) is 23.5 Å². The Morgan fingerprint density at radius 1 is 1.25 bits per heavy atom. The molecule has 0 aliphatic rings. The van der Waals surface area contributed by atoms with Crippen molar-refractivity contribution in [3.63, 3.8) is 0 Å². The maximum absolute atomic E-state index is 12.2. The number of carbonyl (C=O) groups is 1. The number of amides is 1. The van der Waals surface area contributed by atoms with Gasteiger partial charge in [-0.15, -0.1) is 0 Å². The van der Waals surface area contributed by atoms with Crippen LogP contribution in [0.4, 0.5) is 0 Å². The van der Waals surface area contributed by atoms with Gasteiger partial charge in [0.15, 0.2) is 11.5 Å². The zero-order chi connectivity index (χ0) is 19.9. The first-order chi connectivity index (χ1) is 13.6. The third-order valence-electron chi connectivity index (χ3n) is 3.71. The topological polar surface area (TPSA) is 101 Å². The van der Waals surface area contributed by atoms with Gasteiger partial charge in [-0.2, -0.15) is 10.2 Å². The Balaban J connectivity index is 1.71. The van der Waals surface area contributed by atoms with Crippen LogP contribution in [0.15, 0.2) is 53.9 Å². The number of hydrogen-bond donors (Lipinski definition) is 2. The van der Waals surface area contributed by atoms with Gasteiger partial charge in [0.25, 0.3) is 5.91 Å². The van der Waals surface area contributed by atoms with E-state index in [0.717, 1.165) is 11.1 Å². The van der Waals surface area contributed by atoms with Crippen LogP contribution in [-0.2, 0) is 0 Å². The van der Waals surface area contributed by atoms with E-state index in [4.69, 9.17) is 9.47 Å². The highest BCUT2D eigenvalue weighted by Gasteiger charge is 2.13. The van der Waals surface area contributed by atoms with Crippen molar-refractivity contribution in [1.82, 2.24) is 20.6 Å². The first-order valence-corrected chi connectivity index (χ1v) is 8.70. The largest absolute Gasteiger partial charge is 0.493 e. The Morgan fingerprint density at radius 3 is 2.82 bits per heavy atom. The van der Waals surface area contributed by atoms with Gasteiger partial charge in [-0.1, -0.05) is 6.07 Å². The molecule has 0 unspecified atom stereocenters. The minimum absolute atomic E-state index is 0.0349. The smallest absolute Gasteiger partial charge is 0.289 e. The molecular weight excluding hydrogens is 358 g/mol. The van der Waals surface area contributed by atoms with Crippen LogP contribution in [0.25, 0.3) is 11.3 Å². The number of ether oxygens (including phenoxy) is 2. The number of rotatable bonds is 7. The Labute approximate surface area is 162 Å². The highest BCUT2D eigenvalue weighted by atomic mass is 16.5. The molecule has 0 aliphatic heterocycles. The molecule has 144 valence electrons. The molecule has 1 amide bonds. The van der Waals surface area contributed by atoms with Gasteiger partial charge in [-0.3, -0.25) is 14.9 Å². The quantitative estimate of drug-likeness (QED) is 0.485. The molecule has 0 fully saturated rings. The fourth-order valence-corrected chi connectivity index (χ4v) is 2.44. The fourth-order valence-electron chi connectivity index (χ4n) is 2.44. The van der Waals surface area contributed by atoms with Gasteiger partial charge in [-0.05, 0) is 44.2 Å². The molecule has 3 aromatic rings. The first kappa shape index (κ1) is 19.1. The van der Waals surface area contributed by atoms with E-state index in [1.807, 2.05) is 38.1 Å². The third kappa shape index (κ3) is 4.73. The number of benzene rings is 1. The Hall–Kier alpha value is -3.68. The molecule has 28 heavy (non-hydrogen) atoms. The minimum Gasteiger partial charge on any atom is -0.493 e. The molecule has 0 spiro atoms. The van der Waals surface area contributed by atoms with E-state index in [1.165, 1.54) is 6.21 Å². The lowest BCUT2D eigenvalue weighted by Gasteiger charge is -2.14. The van der Waals surface area contributed by atoms with Crippen LogP contribution in [0.3, 0.4) is 0 Å². The number of methoxy groups -OCH3 is 1. The van der Waals surface area contributed by atoms with Crippen molar-refractivity contribution in [3.05, 3.63) is 60.0 Å². The molecule has 1 aromatic carbocycles. The molecule has 0 radical (unpaired) electrons. The van der Waals surface area contributed by atoms with Crippen molar-refractivity contribution < 1.29 is 14.3 Å². The number of H-pyrrole nitrogens is 1. The van der Waals surface area contributed by atoms with Gasteiger partial charge < -0.3 is 9.47 Å². The van der Waals surface area contributed by atoms with Gasteiger partial charge in [-0.25, -0.2) is 5.43 Å². The highest BCUT2D eigenvalue weighted by molar-refractivity contribution is 5.94. The Morgan fingerprint density at radius 2 is 2.11 bits per heavy atom. The molecular formula is C20H21N5O3. The maximum atomic E-state index is 12.2. The molecule has 3 rings (SSSR count). The summed E-state index contributed by atoms with van der Waals surface area (Å²) in [5.74, 6) is 0.853. The van der Waals surface area contributed by atoms with E-state index >= 15 is 0 Å². The van der Waals surface area contributed by atoms with Crippen molar-refractivity contribution in [2.24, 2.45) is 5.10 Å². The number of aromatic amines is 1. The van der Waals surface area contributed by atoms with E-state index in [9.17, 15) is 4.79 Å².